The van der Waals surface area contributed by atoms with E-state index in [4.69, 9.17) is 4.74 Å². The predicted molar refractivity (Wildman–Crippen MR) is 121 cm³/mol. The van der Waals surface area contributed by atoms with Crippen molar-refractivity contribution in [2.24, 2.45) is 0 Å². The van der Waals surface area contributed by atoms with Crippen molar-refractivity contribution in [3.8, 4) is 0 Å². The second-order valence-corrected chi connectivity index (χ2v) is 8.67. The van der Waals surface area contributed by atoms with E-state index in [-0.39, 0.29) is 24.9 Å². The van der Waals surface area contributed by atoms with Crippen molar-refractivity contribution >= 4 is 23.8 Å². The first kappa shape index (κ1) is 24.7. The molecule has 2 aliphatic rings. The summed E-state index contributed by atoms with van der Waals surface area (Å²) in [4.78, 5) is 55.0. The summed E-state index contributed by atoms with van der Waals surface area (Å²) in [6, 6.07) is 6.82. The molecule has 0 aromatic heterocycles. The summed E-state index contributed by atoms with van der Waals surface area (Å²) >= 11 is 0. The van der Waals surface area contributed by atoms with Gasteiger partial charge in [-0.25, -0.2) is 4.79 Å². The van der Waals surface area contributed by atoms with Crippen LogP contribution in [0.1, 0.15) is 24.5 Å². The van der Waals surface area contributed by atoms with Gasteiger partial charge in [0.05, 0.1) is 6.54 Å². The van der Waals surface area contributed by atoms with E-state index in [0.29, 0.717) is 44.9 Å². The molecule has 2 N–H and O–H groups in total. The monoisotopic (exact) mass is 459 g/mol. The smallest absolute Gasteiger partial charge is 0.325 e. The van der Waals surface area contributed by atoms with Gasteiger partial charge in [0.1, 0.15) is 12.1 Å². The van der Waals surface area contributed by atoms with Gasteiger partial charge in [-0.3, -0.25) is 24.2 Å². The summed E-state index contributed by atoms with van der Waals surface area (Å²) in [5, 5.41) is 5.58. The highest BCUT2D eigenvalue weighted by atomic mass is 16.5. The third-order valence-electron chi connectivity index (χ3n) is 6.14. The van der Waals surface area contributed by atoms with Gasteiger partial charge in [0.25, 0.3) is 5.91 Å². The van der Waals surface area contributed by atoms with Gasteiger partial charge in [-0.15, -0.1) is 0 Å². The molecule has 2 saturated heterocycles. The molecular formula is C23H33N5O5. The third kappa shape index (κ3) is 5.88. The molecule has 2 heterocycles. The first-order valence-corrected chi connectivity index (χ1v) is 11.2. The van der Waals surface area contributed by atoms with Gasteiger partial charge in [-0.2, -0.15) is 0 Å². The minimum Gasteiger partial charge on any atom is -0.385 e. The molecule has 1 aromatic rings. The summed E-state index contributed by atoms with van der Waals surface area (Å²) in [6.45, 7) is 6.73. The Bertz CT molecular complexity index is 882. The second kappa shape index (κ2) is 10.8. The van der Waals surface area contributed by atoms with Crippen LogP contribution < -0.4 is 10.6 Å². The van der Waals surface area contributed by atoms with E-state index in [1.807, 2.05) is 36.1 Å². The molecule has 33 heavy (non-hydrogen) atoms. The number of nitrogens with one attached hydrogen (secondary N) is 2. The zero-order valence-corrected chi connectivity index (χ0v) is 19.6. The first-order chi connectivity index (χ1) is 15.7. The van der Waals surface area contributed by atoms with Crippen molar-refractivity contribution in [1.82, 2.24) is 25.3 Å². The quantitative estimate of drug-likeness (QED) is 0.399. The van der Waals surface area contributed by atoms with E-state index in [1.165, 1.54) is 0 Å². The number of methoxy groups -OCH3 is 1. The van der Waals surface area contributed by atoms with E-state index in [1.54, 1.807) is 18.9 Å². The molecule has 1 atom stereocenters. The zero-order chi connectivity index (χ0) is 24.0. The molecule has 0 aliphatic carbocycles. The van der Waals surface area contributed by atoms with Crippen molar-refractivity contribution in [3.63, 3.8) is 0 Å². The van der Waals surface area contributed by atoms with Crippen LogP contribution >= 0.6 is 0 Å². The van der Waals surface area contributed by atoms with Crippen molar-refractivity contribution in [1.29, 1.82) is 0 Å². The number of benzene rings is 1. The van der Waals surface area contributed by atoms with Gasteiger partial charge in [-0.1, -0.05) is 29.8 Å². The molecule has 0 saturated carbocycles. The molecule has 10 nitrogen and oxygen atoms in total. The van der Waals surface area contributed by atoms with Crippen molar-refractivity contribution < 1.29 is 23.9 Å². The van der Waals surface area contributed by atoms with Crippen LogP contribution in [0.25, 0.3) is 0 Å². The molecule has 0 radical (unpaired) electrons. The Balaban J connectivity index is 1.49. The summed E-state index contributed by atoms with van der Waals surface area (Å²) in [7, 11) is 1.62. The lowest BCUT2D eigenvalue weighted by Crippen LogP contribution is -2.53. The van der Waals surface area contributed by atoms with Crippen LogP contribution in [0, 0.1) is 6.92 Å². The Morgan fingerprint density at radius 2 is 1.76 bits per heavy atom. The predicted octanol–water partition coefficient (Wildman–Crippen LogP) is 0.0589. The number of urea groups is 1. The maximum atomic E-state index is 13.1. The number of hydrogen-bond donors (Lipinski definition) is 2. The summed E-state index contributed by atoms with van der Waals surface area (Å²) in [5.41, 5.74) is 0.532. The Morgan fingerprint density at radius 1 is 1.09 bits per heavy atom. The number of carbonyl (C=O) groups is 4. The maximum absolute atomic E-state index is 13.1. The lowest BCUT2D eigenvalue weighted by Gasteiger charge is -2.34. The SMILES string of the molecule is COCCCNC(=O)CN1CCN(C(=O)CN2C(=O)NC(C)(c3ccc(C)cc3)C2=O)CC1. The highest BCUT2D eigenvalue weighted by molar-refractivity contribution is 6.09. The Morgan fingerprint density at radius 3 is 2.39 bits per heavy atom. The fourth-order valence-corrected chi connectivity index (χ4v) is 4.02. The van der Waals surface area contributed by atoms with Gasteiger partial charge >= 0.3 is 6.03 Å². The van der Waals surface area contributed by atoms with E-state index < -0.39 is 17.5 Å². The fraction of sp³-hybridized carbons (Fsp3) is 0.565. The molecule has 10 heteroatoms. The summed E-state index contributed by atoms with van der Waals surface area (Å²) < 4.78 is 4.96. The number of piperazine rings is 1. The average molecular weight is 460 g/mol. The molecule has 180 valence electrons. The normalized spacial score (nSPS) is 21.3. The van der Waals surface area contributed by atoms with Crippen molar-refractivity contribution in [2.75, 3.05) is 59.5 Å². The second-order valence-electron chi connectivity index (χ2n) is 8.67. The van der Waals surface area contributed by atoms with Gasteiger partial charge in [0, 0.05) is 46.4 Å². The minimum atomic E-state index is -1.19. The number of carbonyl (C=O) groups excluding carboxylic acids is 4. The number of imide groups is 1. The minimum absolute atomic E-state index is 0.0550. The summed E-state index contributed by atoms with van der Waals surface area (Å²) in [6.07, 6.45) is 0.760. The molecule has 2 fully saturated rings. The number of amides is 5. The fourth-order valence-electron chi connectivity index (χ4n) is 4.02. The standard InChI is InChI=1S/C23H33N5O5/c1-17-5-7-18(8-6-17)23(2)21(31)28(22(32)25-23)16-20(30)27-12-10-26(11-13-27)15-19(29)24-9-4-14-33-3/h5-8H,4,9-16H2,1-3H3,(H,24,29)(H,25,32). The first-order valence-electron chi connectivity index (χ1n) is 11.2. The highest BCUT2D eigenvalue weighted by Crippen LogP contribution is 2.29. The lowest BCUT2D eigenvalue weighted by molar-refractivity contribution is -0.140. The molecule has 3 rings (SSSR count). The Labute approximate surface area is 194 Å². The van der Waals surface area contributed by atoms with Crippen molar-refractivity contribution in [3.05, 3.63) is 35.4 Å². The molecule has 1 unspecified atom stereocenters. The number of aryl methyl sites for hydroxylation is 1. The lowest BCUT2D eigenvalue weighted by atomic mass is 9.91. The van der Waals surface area contributed by atoms with E-state index in [0.717, 1.165) is 16.9 Å². The number of hydrogen-bond acceptors (Lipinski definition) is 6. The Kier molecular flexibility index (Phi) is 8.04. The molecule has 0 spiro atoms. The van der Waals surface area contributed by atoms with Gasteiger partial charge in [0.2, 0.25) is 11.8 Å². The number of ether oxygens (including phenoxy) is 1. The van der Waals surface area contributed by atoms with Crippen LogP contribution in [0.4, 0.5) is 4.79 Å². The van der Waals surface area contributed by atoms with E-state index in [2.05, 4.69) is 10.6 Å². The zero-order valence-electron chi connectivity index (χ0n) is 19.6. The van der Waals surface area contributed by atoms with Gasteiger partial charge < -0.3 is 20.3 Å². The van der Waals surface area contributed by atoms with Crippen LogP contribution in [-0.2, 0) is 24.7 Å². The number of nitrogens with zero attached hydrogens (tertiary/aromatic N) is 3. The van der Waals surface area contributed by atoms with Crippen LogP contribution in [0.5, 0.6) is 0 Å². The molecule has 0 bridgehead atoms. The van der Waals surface area contributed by atoms with Gasteiger partial charge in [0.15, 0.2) is 0 Å². The van der Waals surface area contributed by atoms with Crippen molar-refractivity contribution in [2.45, 2.75) is 25.8 Å². The molecule has 5 amide bonds. The third-order valence-corrected chi connectivity index (χ3v) is 6.14. The average Bonchev–Trinajstić information content (AvgIpc) is 3.01. The van der Waals surface area contributed by atoms with Crippen LogP contribution in [0.15, 0.2) is 24.3 Å². The molecule has 2 aliphatic heterocycles. The Hall–Kier alpha value is -2.98. The topological polar surface area (TPSA) is 111 Å². The van der Waals surface area contributed by atoms with Crippen LogP contribution in [-0.4, -0.2) is 98.0 Å². The molecular weight excluding hydrogens is 426 g/mol. The maximum Gasteiger partial charge on any atom is 0.325 e. The van der Waals surface area contributed by atoms with Crippen LogP contribution in [0.2, 0.25) is 0 Å². The molecule has 1 aromatic carbocycles. The largest absolute Gasteiger partial charge is 0.385 e. The van der Waals surface area contributed by atoms with Gasteiger partial charge in [-0.05, 0) is 25.8 Å². The highest BCUT2D eigenvalue weighted by Gasteiger charge is 2.49. The van der Waals surface area contributed by atoms with E-state index in [9.17, 15) is 19.2 Å². The van der Waals surface area contributed by atoms with E-state index >= 15 is 0 Å². The van der Waals surface area contributed by atoms with Crippen LogP contribution in [0.3, 0.4) is 0 Å². The number of rotatable bonds is 9. The summed E-state index contributed by atoms with van der Waals surface area (Å²) in [5.74, 6) is -0.774.